The number of carbonyl (C=O) groups is 1. The minimum absolute atomic E-state index is 0. The third-order valence-electron chi connectivity index (χ3n) is 7.49. The molecule has 4 rings (SSSR count). The number of Topliss-reactive ketones (excluding diaryl/α,β-unsaturated/α-hetero) is 1. The number of carbonyl (C=O) groups excluding carboxylic acids is 1. The van der Waals surface area contributed by atoms with Gasteiger partial charge in [-0.05, 0) is 53.9 Å². The second-order valence-corrected chi connectivity index (χ2v) is 12.4. The summed E-state index contributed by atoms with van der Waals surface area (Å²) in [6.07, 6.45) is 6.27. The SMILES string of the molecule is Br.CC(C)(C)c1cc(C(=O)Cn2c(=N)n(CC3CCCCC3)c3ccccc32)cc(C(C)(C)C)c1O. The number of halogens is 1. The summed E-state index contributed by atoms with van der Waals surface area (Å²) in [4.78, 5) is 13.7. The van der Waals surface area contributed by atoms with Crippen LogP contribution in [0, 0.1) is 11.3 Å². The second-order valence-electron chi connectivity index (χ2n) is 12.4. The Morgan fingerprint density at radius 2 is 1.42 bits per heavy atom. The average Bonchev–Trinajstić information content (AvgIpc) is 3.04. The smallest absolute Gasteiger partial charge is 0.203 e. The van der Waals surface area contributed by atoms with Gasteiger partial charge in [0, 0.05) is 23.2 Å². The molecule has 2 aromatic carbocycles. The molecular weight excluding hydrogens is 514 g/mol. The second kappa shape index (κ2) is 10.6. The minimum Gasteiger partial charge on any atom is -0.507 e. The van der Waals surface area contributed by atoms with E-state index in [-0.39, 0.29) is 45.9 Å². The molecule has 0 saturated heterocycles. The fraction of sp³-hybridized carbons (Fsp3) is 0.533. The van der Waals surface area contributed by atoms with Crippen LogP contribution in [0.5, 0.6) is 5.75 Å². The van der Waals surface area contributed by atoms with Gasteiger partial charge in [-0.3, -0.25) is 10.2 Å². The summed E-state index contributed by atoms with van der Waals surface area (Å²) in [5.74, 6) is 0.827. The molecule has 0 radical (unpaired) electrons. The van der Waals surface area contributed by atoms with E-state index in [1.807, 2.05) is 34.9 Å². The third-order valence-corrected chi connectivity index (χ3v) is 7.49. The number of fused-ring (bicyclic) bond motifs is 1. The van der Waals surface area contributed by atoms with Gasteiger partial charge in [0.15, 0.2) is 5.78 Å². The molecule has 0 unspecified atom stereocenters. The first-order valence-electron chi connectivity index (χ1n) is 13.0. The molecule has 2 N–H and O–H groups in total. The number of phenolic OH excluding ortho intramolecular Hbond substituents is 1. The Morgan fingerprint density at radius 1 is 0.917 bits per heavy atom. The fourth-order valence-electron chi connectivity index (χ4n) is 5.44. The van der Waals surface area contributed by atoms with E-state index in [1.165, 1.54) is 32.1 Å². The van der Waals surface area contributed by atoms with Crippen molar-refractivity contribution in [3.63, 3.8) is 0 Å². The molecule has 36 heavy (non-hydrogen) atoms. The van der Waals surface area contributed by atoms with E-state index in [1.54, 1.807) is 0 Å². The fourth-order valence-corrected chi connectivity index (χ4v) is 5.44. The van der Waals surface area contributed by atoms with Crippen molar-refractivity contribution in [1.29, 1.82) is 5.41 Å². The standard InChI is InChI=1S/C30H41N3O2.BrH/c1-29(2,3)22-16-21(17-23(27(22)35)30(4,5)6)26(34)19-33-25-15-11-10-14-24(25)32(28(33)31)18-20-12-8-7-9-13-20;/h10-11,14-17,20,31,35H,7-9,12-13,18-19H2,1-6H3;1H. The lowest BCUT2D eigenvalue weighted by Gasteiger charge is -2.28. The highest BCUT2D eigenvalue weighted by atomic mass is 79.9. The number of imidazole rings is 1. The van der Waals surface area contributed by atoms with E-state index in [9.17, 15) is 9.90 Å². The number of aromatic nitrogens is 2. The van der Waals surface area contributed by atoms with Gasteiger partial charge in [-0.25, -0.2) is 0 Å². The molecule has 0 atom stereocenters. The summed E-state index contributed by atoms with van der Waals surface area (Å²) >= 11 is 0. The summed E-state index contributed by atoms with van der Waals surface area (Å²) in [5.41, 5.74) is 3.88. The first-order valence-corrected chi connectivity index (χ1v) is 13.0. The van der Waals surface area contributed by atoms with Crippen molar-refractivity contribution in [2.24, 2.45) is 5.92 Å². The van der Waals surface area contributed by atoms with Gasteiger partial charge >= 0.3 is 0 Å². The maximum Gasteiger partial charge on any atom is 0.203 e. The van der Waals surface area contributed by atoms with Crippen molar-refractivity contribution in [2.75, 3.05) is 0 Å². The van der Waals surface area contributed by atoms with Crippen LogP contribution in [0.3, 0.4) is 0 Å². The molecule has 1 heterocycles. The molecule has 1 aromatic heterocycles. The summed E-state index contributed by atoms with van der Waals surface area (Å²) in [6.45, 7) is 13.3. The summed E-state index contributed by atoms with van der Waals surface area (Å²) in [5, 5.41) is 20.1. The lowest BCUT2D eigenvalue weighted by atomic mass is 9.78. The van der Waals surface area contributed by atoms with Crippen LogP contribution < -0.4 is 5.62 Å². The van der Waals surface area contributed by atoms with Crippen LogP contribution in [0.2, 0.25) is 0 Å². The maximum absolute atomic E-state index is 13.7. The van der Waals surface area contributed by atoms with Crippen LogP contribution in [0.4, 0.5) is 0 Å². The number of phenols is 1. The number of rotatable bonds is 5. The highest BCUT2D eigenvalue weighted by Gasteiger charge is 2.28. The number of ketones is 1. The molecule has 0 bridgehead atoms. The summed E-state index contributed by atoms with van der Waals surface area (Å²) < 4.78 is 3.94. The van der Waals surface area contributed by atoms with E-state index in [4.69, 9.17) is 5.41 Å². The van der Waals surface area contributed by atoms with Gasteiger partial charge < -0.3 is 14.2 Å². The zero-order chi connectivity index (χ0) is 25.5. The highest BCUT2D eigenvalue weighted by Crippen LogP contribution is 2.40. The molecule has 1 aliphatic rings. The van der Waals surface area contributed by atoms with Gasteiger partial charge in [-0.1, -0.05) is 72.9 Å². The Balaban J connectivity index is 0.00000361. The summed E-state index contributed by atoms with van der Waals surface area (Å²) in [6, 6.07) is 11.7. The van der Waals surface area contributed by atoms with Crippen molar-refractivity contribution in [3.8, 4) is 5.75 Å². The molecule has 1 fully saturated rings. The van der Waals surface area contributed by atoms with Gasteiger partial charge in [0.2, 0.25) is 5.62 Å². The van der Waals surface area contributed by atoms with Crippen molar-refractivity contribution in [2.45, 2.75) is 97.6 Å². The van der Waals surface area contributed by atoms with Gasteiger partial charge in [-0.15, -0.1) is 17.0 Å². The molecule has 0 spiro atoms. The zero-order valence-corrected chi connectivity index (χ0v) is 24.4. The Bertz CT molecular complexity index is 1260. The van der Waals surface area contributed by atoms with E-state index >= 15 is 0 Å². The average molecular weight is 557 g/mol. The van der Waals surface area contributed by atoms with E-state index in [0.29, 0.717) is 17.1 Å². The molecule has 196 valence electrons. The molecule has 3 aromatic rings. The van der Waals surface area contributed by atoms with E-state index in [0.717, 1.165) is 28.7 Å². The first kappa shape index (κ1) is 28.2. The Morgan fingerprint density at radius 3 is 1.92 bits per heavy atom. The molecule has 1 aliphatic carbocycles. The molecule has 0 amide bonds. The number of nitrogens with one attached hydrogen (secondary N) is 1. The molecular formula is C30H42BrN3O2. The predicted octanol–water partition coefficient (Wildman–Crippen LogP) is 7.26. The monoisotopic (exact) mass is 555 g/mol. The van der Waals surface area contributed by atoms with Gasteiger partial charge in [0.25, 0.3) is 0 Å². The van der Waals surface area contributed by atoms with E-state index < -0.39 is 0 Å². The van der Waals surface area contributed by atoms with Gasteiger partial charge in [0.05, 0.1) is 17.6 Å². The van der Waals surface area contributed by atoms with Crippen LogP contribution in [0.1, 0.15) is 95.1 Å². The topological polar surface area (TPSA) is 71.0 Å². The lowest BCUT2D eigenvalue weighted by molar-refractivity contribution is 0.0971. The molecule has 1 saturated carbocycles. The highest BCUT2D eigenvalue weighted by molar-refractivity contribution is 8.93. The number of hydrogen-bond donors (Lipinski definition) is 2. The van der Waals surface area contributed by atoms with E-state index in [2.05, 4.69) is 52.2 Å². The van der Waals surface area contributed by atoms with Crippen LogP contribution in [0.25, 0.3) is 11.0 Å². The quantitative estimate of drug-likeness (QED) is 0.325. The number of benzene rings is 2. The van der Waals surface area contributed by atoms with Crippen LogP contribution >= 0.6 is 17.0 Å². The normalized spacial score (nSPS) is 15.2. The molecule has 0 aliphatic heterocycles. The Labute approximate surface area is 225 Å². The molecule has 6 heteroatoms. The minimum atomic E-state index is -0.301. The number of hydrogen-bond acceptors (Lipinski definition) is 3. The maximum atomic E-state index is 13.7. The molecule has 5 nitrogen and oxygen atoms in total. The number of aromatic hydroxyl groups is 1. The Kier molecular flexibility index (Phi) is 8.29. The lowest BCUT2D eigenvalue weighted by Crippen LogP contribution is -2.30. The predicted molar refractivity (Wildman–Crippen MR) is 153 cm³/mol. The van der Waals surface area contributed by atoms with Gasteiger partial charge in [-0.2, -0.15) is 0 Å². The third kappa shape index (κ3) is 5.64. The van der Waals surface area contributed by atoms with Crippen molar-refractivity contribution >= 4 is 33.8 Å². The van der Waals surface area contributed by atoms with Crippen molar-refractivity contribution in [1.82, 2.24) is 9.13 Å². The Hall–Kier alpha value is -2.34. The van der Waals surface area contributed by atoms with Crippen molar-refractivity contribution < 1.29 is 9.90 Å². The van der Waals surface area contributed by atoms with Crippen LogP contribution in [0.15, 0.2) is 36.4 Å². The first-order chi connectivity index (χ1) is 16.4. The van der Waals surface area contributed by atoms with Gasteiger partial charge in [0.1, 0.15) is 5.75 Å². The summed E-state index contributed by atoms with van der Waals surface area (Å²) in [7, 11) is 0. The number of nitrogens with zero attached hydrogens (tertiary/aromatic N) is 2. The van der Waals surface area contributed by atoms with Crippen LogP contribution in [-0.4, -0.2) is 20.0 Å². The van der Waals surface area contributed by atoms with Crippen molar-refractivity contribution in [3.05, 3.63) is 58.7 Å². The zero-order valence-electron chi connectivity index (χ0n) is 22.6. The largest absolute Gasteiger partial charge is 0.507 e. The number of para-hydroxylation sites is 2. The van der Waals surface area contributed by atoms with Crippen LogP contribution in [-0.2, 0) is 23.9 Å².